The van der Waals surface area contributed by atoms with Gasteiger partial charge in [-0.3, -0.25) is 4.79 Å². The number of rotatable bonds is 8. The highest BCUT2D eigenvalue weighted by molar-refractivity contribution is 6.21. The second kappa shape index (κ2) is 10.9. The second-order valence-electron chi connectivity index (χ2n) is 7.44. The summed E-state index contributed by atoms with van der Waals surface area (Å²) in [5.41, 5.74) is 4.00. The summed E-state index contributed by atoms with van der Waals surface area (Å²) in [6.45, 7) is 0. The number of benzene rings is 4. The quantitative estimate of drug-likeness (QED) is 0.194. The highest BCUT2D eigenvalue weighted by atomic mass is 16.5. The minimum Gasteiger partial charge on any atom is -0.497 e. The molecule has 0 aliphatic rings. The van der Waals surface area contributed by atoms with Gasteiger partial charge in [-0.15, -0.1) is 5.10 Å². The Hall–Kier alpha value is -4.51. The molecule has 5 nitrogen and oxygen atoms in total. The van der Waals surface area contributed by atoms with Crippen molar-refractivity contribution in [3.05, 3.63) is 131 Å². The van der Waals surface area contributed by atoms with Gasteiger partial charge in [0.25, 0.3) is 0 Å². The van der Waals surface area contributed by atoms with Crippen molar-refractivity contribution in [3.63, 3.8) is 0 Å². The minimum atomic E-state index is -0.105. The fourth-order valence-electron chi connectivity index (χ4n) is 3.50. The lowest BCUT2D eigenvalue weighted by atomic mass is 9.92. The minimum absolute atomic E-state index is 0.105. The lowest BCUT2D eigenvalue weighted by molar-refractivity contribution is 0.103. The van der Waals surface area contributed by atoms with Crippen LogP contribution in [0.1, 0.15) is 32.6 Å². The molecule has 0 radical (unpaired) electrons. The molecular formula is C29H24N2O3. The van der Waals surface area contributed by atoms with Crippen LogP contribution in [0.3, 0.4) is 0 Å². The van der Waals surface area contributed by atoms with Gasteiger partial charge >= 0.3 is 0 Å². The number of ketones is 1. The predicted molar refractivity (Wildman–Crippen MR) is 136 cm³/mol. The zero-order chi connectivity index (χ0) is 23.8. The summed E-state index contributed by atoms with van der Waals surface area (Å²) in [4.78, 5) is 13.4. The number of hydrogen-bond acceptors (Lipinski definition) is 5. The van der Waals surface area contributed by atoms with Gasteiger partial charge in [-0.1, -0.05) is 60.7 Å². The summed E-state index contributed by atoms with van der Waals surface area (Å²) < 4.78 is 10.8. The normalized spacial score (nSPS) is 11.4. The van der Waals surface area contributed by atoms with E-state index in [0.29, 0.717) is 28.2 Å². The largest absolute Gasteiger partial charge is 0.497 e. The molecule has 4 rings (SSSR count). The molecule has 0 unspecified atom stereocenters. The molecule has 168 valence electrons. The van der Waals surface area contributed by atoms with Crippen LogP contribution in [0.25, 0.3) is 0 Å². The number of ether oxygens (including phenoxy) is 2. The number of nitrogens with zero attached hydrogens (tertiary/aromatic N) is 2. The van der Waals surface area contributed by atoms with Crippen LogP contribution in [0, 0.1) is 0 Å². The van der Waals surface area contributed by atoms with Crippen molar-refractivity contribution in [1.29, 1.82) is 0 Å². The maximum Gasteiger partial charge on any atom is 0.193 e. The third-order valence-corrected chi connectivity index (χ3v) is 5.29. The highest BCUT2D eigenvalue weighted by Gasteiger charge is 2.20. The van der Waals surface area contributed by atoms with E-state index in [1.54, 1.807) is 44.7 Å². The van der Waals surface area contributed by atoms with Gasteiger partial charge in [0, 0.05) is 22.3 Å². The van der Waals surface area contributed by atoms with Gasteiger partial charge in [-0.25, -0.2) is 0 Å². The molecule has 0 saturated carbocycles. The van der Waals surface area contributed by atoms with Gasteiger partial charge < -0.3 is 9.47 Å². The Morgan fingerprint density at radius 3 is 1.94 bits per heavy atom. The van der Waals surface area contributed by atoms with E-state index >= 15 is 0 Å². The molecule has 0 aliphatic carbocycles. The molecule has 0 spiro atoms. The fourth-order valence-corrected chi connectivity index (χ4v) is 3.50. The molecule has 34 heavy (non-hydrogen) atoms. The maximum atomic E-state index is 13.4. The van der Waals surface area contributed by atoms with E-state index < -0.39 is 0 Å². The molecule has 0 bridgehead atoms. The number of hydrogen-bond donors (Lipinski definition) is 0. The molecule has 0 amide bonds. The Balaban J connectivity index is 1.86. The lowest BCUT2D eigenvalue weighted by Crippen LogP contribution is -2.12. The van der Waals surface area contributed by atoms with Gasteiger partial charge in [0.15, 0.2) is 5.78 Å². The molecule has 0 atom stereocenters. The van der Waals surface area contributed by atoms with Gasteiger partial charge in [-0.05, 0) is 48.0 Å². The zero-order valence-corrected chi connectivity index (χ0v) is 19.0. The Bertz CT molecular complexity index is 1310. The van der Waals surface area contributed by atoms with Crippen LogP contribution in [0.4, 0.5) is 0 Å². The summed E-state index contributed by atoms with van der Waals surface area (Å²) in [7, 11) is 3.21. The third kappa shape index (κ3) is 5.27. The molecule has 0 fully saturated rings. The summed E-state index contributed by atoms with van der Waals surface area (Å²) in [6.07, 6.45) is 1.68. The maximum absolute atomic E-state index is 13.4. The van der Waals surface area contributed by atoms with E-state index in [2.05, 4.69) is 10.2 Å². The van der Waals surface area contributed by atoms with Crippen LogP contribution < -0.4 is 9.47 Å². The molecule has 0 heterocycles. The highest BCUT2D eigenvalue weighted by Crippen LogP contribution is 2.25. The molecule has 4 aromatic rings. The van der Waals surface area contributed by atoms with Gasteiger partial charge in [0.05, 0.1) is 20.4 Å². The van der Waals surface area contributed by atoms with E-state index in [4.69, 9.17) is 9.47 Å². The number of carbonyl (C=O) groups is 1. The van der Waals surface area contributed by atoms with Crippen molar-refractivity contribution in [3.8, 4) is 11.5 Å². The first-order valence-corrected chi connectivity index (χ1v) is 10.8. The fraction of sp³-hybridized carbons (Fsp3) is 0.0690. The molecule has 0 N–H and O–H groups in total. The van der Waals surface area contributed by atoms with E-state index in [1.165, 1.54) is 0 Å². The van der Waals surface area contributed by atoms with Crippen LogP contribution in [0.5, 0.6) is 11.5 Å². The summed E-state index contributed by atoms with van der Waals surface area (Å²) in [5, 5.41) is 8.91. The summed E-state index contributed by atoms with van der Waals surface area (Å²) in [6, 6.07) is 31.7. The van der Waals surface area contributed by atoms with Crippen molar-refractivity contribution >= 4 is 17.7 Å². The SMILES string of the molecule is COc1ccc(/C(=N\N=C\c2ccccc2)c2cc(OC)ccc2C(=O)c2ccccc2)cc1. The summed E-state index contributed by atoms with van der Waals surface area (Å²) in [5.74, 6) is 1.24. The van der Waals surface area contributed by atoms with E-state index in [1.807, 2.05) is 78.9 Å². The van der Waals surface area contributed by atoms with Gasteiger partial charge in [0.2, 0.25) is 0 Å². The summed E-state index contributed by atoms with van der Waals surface area (Å²) >= 11 is 0. The first-order chi connectivity index (χ1) is 16.7. The van der Waals surface area contributed by atoms with Crippen LogP contribution in [0.2, 0.25) is 0 Å². The third-order valence-electron chi connectivity index (χ3n) is 5.29. The standard InChI is InChI=1S/C29H24N2O3/c1-33-24-15-13-22(14-16-24)28(31-30-20-21-9-5-3-6-10-21)27-19-25(34-2)17-18-26(27)29(32)23-11-7-4-8-12-23/h3-20H,1-2H3/b30-20+,31-28+. The second-order valence-corrected chi connectivity index (χ2v) is 7.44. The molecule has 0 saturated heterocycles. The number of methoxy groups -OCH3 is 2. The Kier molecular flexibility index (Phi) is 7.25. The zero-order valence-electron chi connectivity index (χ0n) is 19.0. The van der Waals surface area contributed by atoms with Crippen LogP contribution in [0.15, 0.2) is 113 Å². The van der Waals surface area contributed by atoms with Crippen molar-refractivity contribution in [2.45, 2.75) is 0 Å². The molecule has 4 aromatic carbocycles. The molecular weight excluding hydrogens is 424 g/mol. The van der Waals surface area contributed by atoms with Gasteiger partial charge in [0.1, 0.15) is 17.2 Å². The van der Waals surface area contributed by atoms with E-state index in [9.17, 15) is 4.79 Å². The van der Waals surface area contributed by atoms with Crippen molar-refractivity contribution in [1.82, 2.24) is 0 Å². The van der Waals surface area contributed by atoms with Crippen molar-refractivity contribution < 1.29 is 14.3 Å². The van der Waals surface area contributed by atoms with E-state index in [-0.39, 0.29) is 5.78 Å². The molecule has 5 heteroatoms. The first kappa shape index (κ1) is 22.7. The van der Waals surface area contributed by atoms with Crippen molar-refractivity contribution in [2.75, 3.05) is 14.2 Å². The Labute approximate surface area is 199 Å². The molecule has 0 aromatic heterocycles. The number of carbonyl (C=O) groups excluding carboxylic acids is 1. The average molecular weight is 449 g/mol. The van der Waals surface area contributed by atoms with Crippen LogP contribution >= 0.6 is 0 Å². The van der Waals surface area contributed by atoms with Gasteiger partial charge in [-0.2, -0.15) is 5.10 Å². The van der Waals surface area contributed by atoms with E-state index in [0.717, 1.165) is 16.9 Å². The lowest BCUT2D eigenvalue weighted by Gasteiger charge is -2.13. The monoisotopic (exact) mass is 448 g/mol. The topological polar surface area (TPSA) is 60.3 Å². The first-order valence-electron chi connectivity index (χ1n) is 10.8. The van der Waals surface area contributed by atoms with Crippen LogP contribution in [-0.2, 0) is 0 Å². The predicted octanol–water partition coefficient (Wildman–Crippen LogP) is 5.81. The Morgan fingerprint density at radius 2 is 1.29 bits per heavy atom. The van der Waals surface area contributed by atoms with Crippen molar-refractivity contribution in [2.24, 2.45) is 10.2 Å². The smallest absolute Gasteiger partial charge is 0.193 e. The molecule has 0 aliphatic heterocycles. The average Bonchev–Trinajstić information content (AvgIpc) is 2.91. The Morgan fingerprint density at radius 1 is 0.676 bits per heavy atom. The van der Waals surface area contributed by atoms with Crippen LogP contribution in [-0.4, -0.2) is 31.9 Å².